The number of ether oxygens (including phenoxy) is 1. The van der Waals surface area contributed by atoms with Crippen molar-refractivity contribution >= 4 is 38.9 Å². The van der Waals surface area contributed by atoms with Gasteiger partial charge in [0.2, 0.25) is 0 Å². The number of benzene rings is 2. The van der Waals surface area contributed by atoms with Gasteiger partial charge in [-0.15, -0.1) is 0 Å². The monoisotopic (exact) mass is 455 g/mol. The van der Waals surface area contributed by atoms with E-state index in [1.54, 1.807) is 36.1 Å². The summed E-state index contributed by atoms with van der Waals surface area (Å²) in [5.41, 5.74) is 1.61. The van der Waals surface area contributed by atoms with Gasteiger partial charge in [0.25, 0.3) is 5.91 Å². The summed E-state index contributed by atoms with van der Waals surface area (Å²) in [6, 6.07) is 12.0. The van der Waals surface area contributed by atoms with Crippen molar-refractivity contribution in [3.05, 3.63) is 63.6 Å². The number of sulfone groups is 1. The van der Waals surface area contributed by atoms with E-state index >= 15 is 0 Å². The largest absolute Gasteiger partial charge is 0.481 e. The summed E-state index contributed by atoms with van der Waals surface area (Å²) in [7, 11) is -3.15. The first-order chi connectivity index (χ1) is 13.7. The molecular formula is C21H23Cl2NO4S. The Labute approximate surface area is 181 Å². The molecular weight excluding hydrogens is 433 g/mol. The third kappa shape index (κ3) is 5.44. The number of hydrogen-bond acceptors (Lipinski definition) is 4. The van der Waals surface area contributed by atoms with Gasteiger partial charge < -0.3 is 9.64 Å². The second kappa shape index (κ2) is 8.94. The summed E-state index contributed by atoms with van der Waals surface area (Å²) in [5, 5.41) is 1.15. The average Bonchev–Trinajstić information content (AvgIpc) is 3.03. The van der Waals surface area contributed by atoms with E-state index in [2.05, 4.69) is 0 Å². The Bertz CT molecular complexity index is 1010. The second-order valence-electron chi connectivity index (χ2n) is 7.29. The third-order valence-corrected chi connectivity index (χ3v) is 7.56. The molecule has 5 nitrogen and oxygen atoms in total. The molecule has 1 aliphatic heterocycles. The Kier molecular flexibility index (Phi) is 6.76. The second-order valence-corrected chi connectivity index (χ2v) is 10.3. The molecule has 0 aliphatic carbocycles. The van der Waals surface area contributed by atoms with Gasteiger partial charge in [-0.25, -0.2) is 8.42 Å². The standard InChI is InChI=1S/C21H23Cl2NO4S/c1-14-11-18(7-8-19(14)22)28-15(2)21(25)24(17-9-10-29(26,27)13-17)12-16-5-3-4-6-20(16)23/h3-8,11,15,17H,9-10,12-13H2,1-2H3/t15-,17-/m0/s1. The predicted molar refractivity (Wildman–Crippen MR) is 115 cm³/mol. The normalized spacial score (nSPS) is 19.0. The maximum absolute atomic E-state index is 13.3. The molecule has 29 heavy (non-hydrogen) atoms. The van der Waals surface area contributed by atoms with Crippen molar-refractivity contribution in [2.45, 2.75) is 39.0 Å². The lowest BCUT2D eigenvalue weighted by Gasteiger charge is -2.31. The molecule has 2 atom stereocenters. The third-order valence-electron chi connectivity index (χ3n) is 5.02. The van der Waals surface area contributed by atoms with Gasteiger partial charge >= 0.3 is 0 Å². The first-order valence-electron chi connectivity index (χ1n) is 9.33. The number of nitrogens with zero attached hydrogens (tertiary/aromatic N) is 1. The fourth-order valence-electron chi connectivity index (χ4n) is 3.40. The molecule has 1 aliphatic rings. The number of halogens is 2. The fraction of sp³-hybridized carbons (Fsp3) is 0.381. The molecule has 0 aromatic heterocycles. The van der Waals surface area contributed by atoms with Crippen molar-refractivity contribution in [2.24, 2.45) is 0 Å². The highest BCUT2D eigenvalue weighted by Gasteiger charge is 2.36. The zero-order chi connectivity index (χ0) is 21.2. The molecule has 1 fully saturated rings. The zero-order valence-electron chi connectivity index (χ0n) is 16.3. The van der Waals surface area contributed by atoms with Crippen LogP contribution in [-0.4, -0.2) is 42.9 Å². The van der Waals surface area contributed by atoms with Crippen LogP contribution in [0.1, 0.15) is 24.5 Å². The van der Waals surface area contributed by atoms with E-state index in [1.165, 1.54) is 0 Å². The number of carbonyl (C=O) groups is 1. The van der Waals surface area contributed by atoms with Crippen LogP contribution in [0.2, 0.25) is 10.0 Å². The number of hydrogen-bond donors (Lipinski definition) is 0. The summed E-state index contributed by atoms with van der Waals surface area (Å²) >= 11 is 12.3. The molecule has 1 amide bonds. The molecule has 156 valence electrons. The highest BCUT2D eigenvalue weighted by atomic mass is 35.5. The van der Waals surface area contributed by atoms with E-state index in [9.17, 15) is 13.2 Å². The number of aryl methyl sites for hydroxylation is 1. The molecule has 8 heteroatoms. The van der Waals surface area contributed by atoms with Crippen LogP contribution in [0.5, 0.6) is 5.75 Å². The molecule has 3 rings (SSSR count). The van der Waals surface area contributed by atoms with Crippen molar-refractivity contribution in [2.75, 3.05) is 11.5 Å². The Morgan fingerprint density at radius 3 is 2.55 bits per heavy atom. The van der Waals surface area contributed by atoms with E-state index in [0.29, 0.717) is 22.2 Å². The smallest absolute Gasteiger partial charge is 0.263 e. The SMILES string of the molecule is Cc1cc(O[C@@H](C)C(=O)N(Cc2ccccc2Cl)[C@H]2CCS(=O)(=O)C2)ccc1Cl. The first kappa shape index (κ1) is 21.9. The van der Waals surface area contributed by atoms with Crippen LogP contribution in [0.3, 0.4) is 0 Å². The molecule has 0 bridgehead atoms. The van der Waals surface area contributed by atoms with Gasteiger partial charge in [-0.1, -0.05) is 41.4 Å². The van der Waals surface area contributed by atoms with Crippen LogP contribution in [0.15, 0.2) is 42.5 Å². The van der Waals surface area contributed by atoms with Gasteiger partial charge in [-0.2, -0.15) is 0 Å². The lowest BCUT2D eigenvalue weighted by Crippen LogP contribution is -2.46. The summed E-state index contributed by atoms with van der Waals surface area (Å²) < 4.78 is 29.9. The van der Waals surface area contributed by atoms with Crippen LogP contribution in [-0.2, 0) is 21.2 Å². The molecule has 0 N–H and O–H groups in total. The van der Waals surface area contributed by atoms with E-state index in [4.69, 9.17) is 27.9 Å². The highest BCUT2D eigenvalue weighted by molar-refractivity contribution is 7.91. The van der Waals surface area contributed by atoms with E-state index < -0.39 is 22.0 Å². The van der Waals surface area contributed by atoms with E-state index in [-0.39, 0.29) is 24.0 Å². The van der Waals surface area contributed by atoms with Gasteiger partial charge in [0.05, 0.1) is 11.5 Å². The van der Waals surface area contributed by atoms with Gasteiger partial charge in [-0.3, -0.25) is 4.79 Å². The minimum atomic E-state index is -3.15. The maximum Gasteiger partial charge on any atom is 0.263 e. The number of amides is 1. The summed E-state index contributed by atoms with van der Waals surface area (Å²) in [4.78, 5) is 14.8. The predicted octanol–water partition coefficient (Wildman–Crippen LogP) is 4.29. The number of rotatable bonds is 6. The summed E-state index contributed by atoms with van der Waals surface area (Å²) in [6.45, 7) is 3.75. The molecule has 0 saturated carbocycles. The van der Waals surface area contributed by atoms with Crippen molar-refractivity contribution in [3.8, 4) is 5.75 Å². The van der Waals surface area contributed by atoms with Crippen molar-refractivity contribution in [3.63, 3.8) is 0 Å². The van der Waals surface area contributed by atoms with Crippen LogP contribution in [0.4, 0.5) is 0 Å². The molecule has 0 spiro atoms. The number of carbonyl (C=O) groups excluding carboxylic acids is 1. The highest BCUT2D eigenvalue weighted by Crippen LogP contribution is 2.26. The topological polar surface area (TPSA) is 63.7 Å². The first-order valence-corrected chi connectivity index (χ1v) is 11.9. The average molecular weight is 456 g/mol. The maximum atomic E-state index is 13.3. The Hall–Kier alpha value is -1.76. The van der Waals surface area contributed by atoms with Crippen LogP contribution < -0.4 is 4.74 Å². The van der Waals surface area contributed by atoms with E-state index in [1.807, 2.05) is 25.1 Å². The van der Waals surface area contributed by atoms with Gasteiger partial charge in [-0.05, 0) is 55.7 Å². The molecule has 0 unspecified atom stereocenters. The van der Waals surface area contributed by atoms with E-state index in [0.717, 1.165) is 11.1 Å². The van der Waals surface area contributed by atoms with Crippen molar-refractivity contribution < 1.29 is 17.9 Å². The summed E-state index contributed by atoms with van der Waals surface area (Å²) in [5.74, 6) is 0.287. The van der Waals surface area contributed by atoms with Gasteiger partial charge in [0.1, 0.15) is 5.75 Å². The Morgan fingerprint density at radius 2 is 1.93 bits per heavy atom. The lowest BCUT2D eigenvalue weighted by molar-refractivity contribution is -0.140. The van der Waals surface area contributed by atoms with Crippen molar-refractivity contribution in [1.82, 2.24) is 4.90 Å². The quantitative estimate of drug-likeness (QED) is 0.651. The Morgan fingerprint density at radius 1 is 1.21 bits per heavy atom. The molecule has 0 radical (unpaired) electrons. The summed E-state index contributed by atoms with van der Waals surface area (Å²) in [6.07, 6.45) is -0.382. The van der Waals surface area contributed by atoms with Crippen LogP contribution >= 0.6 is 23.2 Å². The zero-order valence-corrected chi connectivity index (χ0v) is 18.6. The fourth-order valence-corrected chi connectivity index (χ4v) is 5.44. The molecule has 2 aromatic carbocycles. The van der Waals surface area contributed by atoms with Crippen LogP contribution in [0.25, 0.3) is 0 Å². The Balaban J connectivity index is 1.82. The van der Waals surface area contributed by atoms with Crippen LogP contribution in [0, 0.1) is 6.92 Å². The van der Waals surface area contributed by atoms with Gasteiger partial charge in [0.15, 0.2) is 15.9 Å². The van der Waals surface area contributed by atoms with Crippen molar-refractivity contribution in [1.29, 1.82) is 0 Å². The minimum absolute atomic E-state index is 0.0457. The molecule has 1 saturated heterocycles. The van der Waals surface area contributed by atoms with Gasteiger partial charge in [0, 0.05) is 22.6 Å². The molecule has 1 heterocycles. The minimum Gasteiger partial charge on any atom is -0.481 e. The molecule has 2 aromatic rings. The lowest BCUT2D eigenvalue weighted by atomic mass is 10.1.